The number of carbonyl (C=O) groups excluding carboxylic acids is 1. The van der Waals surface area contributed by atoms with Gasteiger partial charge in [0.15, 0.2) is 5.78 Å². The van der Waals surface area contributed by atoms with Gasteiger partial charge in [0.05, 0.1) is 5.56 Å². The number of hydrogen-bond donors (Lipinski definition) is 0. The Hall–Kier alpha value is -2.07. The van der Waals surface area contributed by atoms with Gasteiger partial charge in [-0.2, -0.15) is 0 Å². The van der Waals surface area contributed by atoms with Crippen LogP contribution in [-0.2, 0) is 6.54 Å². The number of carbonyl (C=O) groups is 1. The van der Waals surface area contributed by atoms with Gasteiger partial charge in [-0.3, -0.25) is 4.79 Å². The van der Waals surface area contributed by atoms with Crippen molar-refractivity contribution in [2.45, 2.75) is 13.0 Å². The quantitative estimate of drug-likeness (QED) is 0.756. The van der Waals surface area contributed by atoms with Gasteiger partial charge in [0.25, 0.3) is 0 Å². The smallest absolute Gasteiger partial charge is 0.167 e. The largest absolute Gasteiger partial charge is 0.302 e. The molecule has 4 heteroatoms. The Balaban J connectivity index is 1.86. The molecule has 0 bridgehead atoms. The van der Waals surface area contributed by atoms with Gasteiger partial charge in [-0.25, -0.2) is 8.78 Å². The zero-order chi connectivity index (χ0) is 15.2. The summed E-state index contributed by atoms with van der Waals surface area (Å²) in [6.07, 6.45) is 0.249. The molecule has 0 aliphatic carbocycles. The predicted octanol–water partition coefficient (Wildman–Crippen LogP) is 3.67. The third kappa shape index (κ3) is 4.46. The van der Waals surface area contributed by atoms with Crippen LogP contribution in [0.2, 0.25) is 0 Å². The van der Waals surface area contributed by atoms with Crippen molar-refractivity contribution < 1.29 is 13.6 Å². The van der Waals surface area contributed by atoms with Crippen molar-refractivity contribution in [3.63, 3.8) is 0 Å². The van der Waals surface area contributed by atoms with Crippen LogP contribution in [-0.4, -0.2) is 24.3 Å². The lowest BCUT2D eigenvalue weighted by Gasteiger charge is -2.16. The lowest BCUT2D eigenvalue weighted by Crippen LogP contribution is -2.21. The van der Waals surface area contributed by atoms with Gasteiger partial charge < -0.3 is 4.90 Å². The summed E-state index contributed by atoms with van der Waals surface area (Å²) >= 11 is 0. The molecule has 0 atom stereocenters. The van der Waals surface area contributed by atoms with Gasteiger partial charge in [0.2, 0.25) is 0 Å². The summed E-state index contributed by atoms with van der Waals surface area (Å²) in [5.41, 5.74) is 1.10. The van der Waals surface area contributed by atoms with Crippen molar-refractivity contribution >= 4 is 5.78 Å². The van der Waals surface area contributed by atoms with E-state index in [1.54, 1.807) is 24.3 Å². The highest BCUT2D eigenvalue weighted by molar-refractivity contribution is 5.96. The monoisotopic (exact) mass is 289 g/mol. The maximum atomic E-state index is 13.5. The summed E-state index contributed by atoms with van der Waals surface area (Å²) in [6.45, 7) is 1.13. The Morgan fingerprint density at radius 1 is 1.05 bits per heavy atom. The van der Waals surface area contributed by atoms with Gasteiger partial charge in [-0.1, -0.05) is 24.3 Å². The first-order valence-corrected chi connectivity index (χ1v) is 6.77. The molecule has 0 amide bonds. The van der Waals surface area contributed by atoms with Crippen LogP contribution in [0.1, 0.15) is 22.3 Å². The highest BCUT2D eigenvalue weighted by atomic mass is 19.1. The lowest BCUT2D eigenvalue weighted by atomic mass is 10.1. The van der Waals surface area contributed by atoms with E-state index in [0.717, 1.165) is 5.56 Å². The van der Waals surface area contributed by atoms with E-state index in [4.69, 9.17) is 0 Å². The average Bonchev–Trinajstić information content (AvgIpc) is 2.48. The molecule has 0 saturated heterocycles. The fourth-order valence-electron chi connectivity index (χ4n) is 2.09. The molecule has 2 aromatic rings. The van der Waals surface area contributed by atoms with E-state index in [1.165, 1.54) is 24.3 Å². The molecule has 0 fully saturated rings. The van der Waals surface area contributed by atoms with Gasteiger partial charge in [-0.15, -0.1) is 0 Å². The zero-order valence-electron chi connectivity index (χ0n) is 11.9. The van der Waals surface area contributed by atoms with Crippen LogP contribution >= 0.6 is 0 Å². The van der Waals surface area contributed by atoms with Gasteiger partial charge in [0.1, 0.15) is 11.6 Å². The molecule has 2 nitrogen and oxygen atoms in total. The Morgan fingerprint density at radius 3 is 2.38 bits per heavy atom. The summed E-state index contributed by atoms with van der Waals surface area (Å²) in [4.78, 5) is 13.9. The first kappa shape index (κ1) is 15.3. The number of Topliss-reactive ketones (excluding diaryl/α,β-unsaturated/α-hetero) is 1. The minimum absolute atomic E-state index is 0.132. The van der Waals surface area contributed by atoms with E-state index in [-0.39, 0.29) is 23.6 Å². The summed E-state index contributed by atoms with van der Waals surface area (Å²) in [5.74, 6) is -0.959. The molecule has 2 rings (SSSR count). The molecule has 0 aliphatic rings. The molecule has 21 heavy (non-hydrogen) atoms. The Bertz CT molecular complexity index is 610. The number of rotatable bonds is 6. The standard InChI is InChI=1S/C17H17F2NO/c1-20(12-13-6-8-14(18)9-7-13)11-10-17(21)15-4-2-3-5-16(15)19/h2-9H,10-12H2,1H3. The molecular weight excluding hydrogens is 272 g/mol. The van der Waals surface area contributed by atoms with E-state index in [2.05, 4.69) is 0 Å². The third-order valence-electron chi connectivity index (χ3n) is 3.26. The first-order valence-electron chi connectivity index (χ1n) is 6.77. The molecule has 110 valence electrons. The van der Waals surface area contributed by atoms with Crippen LogP contribution in [0.4, 0.5) is 8.78 Å². The van der Waals surface area contributed by atoms with E-state index in [9.17, 15) is 13.6 Å². The first-order chi connectivity index (χ1) is 10.1. The number of nitrogens with zero attached hydrogens (tertiary/aromatic N) is 1. The summed E-state index contributed by atoms with van der Waals surface area (Å²) in [7, 11) is 1.87. The second kappa shape index (κ2) is 7.09. The van der Waals surface area contributed by atoms with E-state index >= 15 is 0 Å². The van der Waals surface area contributed by atoms with Crippen molar-refractivity contribution in [2.24, 2.45) is 0 Å². The van der Waals surface area contributed by atoms with Crippen molar-refractivity contribution in [3.05, 3.63) is 71.3 Å². The van der Waals surface area contributed by atoms with E-state index in [1.807, 2.05) is 11.9 Å². The van der Waals surface area contributed by atoms with Crippen molar-refractivity contribution in [2.75, 3.05) is 13.6 Å². The molecule has 0 radical (unpaired) electrons. The molecular formula is C17H17F2NO. The van der Waals surface area contributed by atoms with E-state index in [0.29, 0.717) is 13.1 Å². The average molecular weight is 289 g/mol. The van der Waals surface area contributed by atoms with Crippen LogP contribution < -0.4 is 0 Å². The molecule has 0 spiro atoms. The molecule has 0 saturated carbocycles. The second-order valence-corrected chi connectivity index (χ2v) is 5.02. The fourth-order valence-corrected chi connectivity index (χ4v) is 2.09. The Kier molecular flexibility index (Phi) is 5.17. The minimum atomic E-state index is -0.483. The number of hydrogen-bond acceptors (Lipinski definition) is 2. The maximum Gasteiger partial charge on any atom is 0.167 e. The SMILES string of the molecule is CN(CCC(=O)c1ccccc1F)Cc1ccc(F)cc1. The Morgan fingerprint density at radius 2 is 1.71 bits per heavy atom. The minimum Gasteiger partial charge on any atom is -0.302 e. The highest BCUT2D eigenvalue weighted by Crippen LogP contribution is 2.10. The summed E-state index contributed by atoms with van der Waals surface area (Å²) < 4.78 is 26.3. The highest BCUT2D eigenvalue weighted by Gasteiger charge is 2.11. The molecule has 0 heterocycles. The summed E-state index contributed by atoms with van der Waals surface area (Å²) in [6, 6.07) is 12.2. The number of benzene rings is 2. The van der Waals surface area contributed by atoms with Crippen LogP contribution in [0.3, 0.4) is 0 Å². The normalized spacial score (nSPS) is 10.9. The summed E-state index contributed by atoms with van der Waals surface area (Å²) in [5, 5.41) is 0. The fraction of sp³-hybridized carbons (Fsp3) is 0.235. The van der Waals surface area contributed by atoms with Gasteiger partial charge in [0, 0.05) is 19.5 Å². The molecule has 2 aromatic carbocycles. The van der Waals surface area contributed by atoms with Crippen molar-refractivity contribution in [3.8, 4) is 0 Å². The number of halogens is 2. The maximum absolute atomic E-state index is 13.5. The zero-order valence-corrected chi connectivity index (χ0v) is 11.9. The number of ketones is 1. The van der Waals surface area contributed by atoms with Crippen molar-refractivity contribution in [1.29, 1.82) is 0 Å². The molecule has 0 aromatic heterocycles. The van der Waals surface area contributed by atoms with Crippen LogP contribution in [0.5, 0.6) is 0 Å². The second-order valence-electron chi connectivity index (χ2n) is 5.02. The van der Waals surface area contributed by atoms with Crippen LogP contribution in [0, 0.1) is 11.6 Å². The van der Waals surface area contributed by atoms with Crippen LogP contribution in [0.25, 0.3) is 0 Å². The predicted molar refractivity (Wildman–Crippen MR) is 78.1 cm³/mol. The molecule has 0 aliphatic heterocycles. The van der Waals surface area contributed by atoms with Gasteiger partial charge >= 0.3 is 0 Å². The van der Waals surface area contributed by atoms with Crippen LogP contribution in [0.15, 0.2) is 48.5 Å². The lowest BCUT2D eigenvalue weighted by molar-refractivity contribution is 0.0964. The van der Waals surface area contributed by atoms with Gasteiger partial charge in [-0.05, 0) is 36.9 Å². The molecule has 0 N–H and O–H groups in total. The third-order valence-corrected chi connectivity index (χ3v) is 3.26. The van der Waals surface area contributed by atoms with E-state index < -0.39 is 5.82 Å². The topological polar surface area (TPSA) is 20.3 Å². The van der Waals surface area contributed by atoms with Crippen molar-refractivity contribution in [1.82, 2.24) is 4.90 Å². The molecule has 0 unspecified atom stereocenters. The Labute approximate surface area is 123 Å².